The lowest BCUT2D eigenvalue weighted by Crippen LogP contribution is -2.36. The van der Waals surface area contributed by atoms with Gasteiger partial charge in [-0.3, -0.25) is 0 Å². The second-order valence-corrected chi connectivity index (χ2v) is 3.91. The van der Waals surface area contributed by atoms with E-state index in [1.54, 1.807) is 0 Å². The summed E-state index contributed by atoms with van der Waals surface area (Å²) in [7, 11) is 0. The average molecular weight is 243 g/mol. The van der Waals surface area contributed by atoms with Crippen LogP contribution in [-0.4, -0.2) is 46.5 Å². The van der Waals surface area contributed by atoms with Gasteiger partial charge in [-0.05, 0) is 24.3 Å². The molecule has 0 spiro atoms. The highest BCUT2D eigenvalue weighted by Gasteiger charge is 2.42. The summed E-state index contributed by atoms with van der Waals surface area (Å²) < 4.78 is 17.9. The maximum Gasteiger partial charge on any atom is 0.157 e. The zero-order valence-electron chi connectivity index (χ0n) is 8.95. The SMILES string of the molecule is OC[C@@H]1O[C@@H](Nc2ccc(F)cc2)[C@@H](O)[C@@H]1O. The third-order valence-electron chi connectivity index (χ3n) is 2.70. The van der Waals surface area contributed by atoms with Crippen molar-refractivity contribution in [1.29, 1.82) is 0 Å². The van der Waals surface area contributed by atoms with Gasteiger partial charge < -0.3 is 25.4 Å². The van der Waals surface area contributed by atoms with E-state index < -0.39 is 24.5 Å². The summed E-state index contributed by atoms with van der Waals surface area (Å²) in [4.78, 5) is 0. The van der Waals surface area contributed by atoms with E-state index in [1.807, 2.05) is 0 Å². The third kappa shape index (κ3) is 2.55. The first-order valence-corrected chi connectivity index (χ1v) is 5.26. The predicted octanol–water partition coefficient (Wildman–Crippen LogP) is -0.323. The van der Waals surface area contributed by atoms with Gasteiger partial charge in [0.15, 0.2) is 6.23 Å². The van der Waals surface area contributed by atoms with Gasteiger partial charge in [0.05, 0.1) is 6.61 Å². The van der Waals surface area contributed by atoms with Crippen LogP contribution < -0.4 is 5.32 Å². The molecule has 17 heavy (non-hydrogen) atoms. The summed E-state index contributed by atoms with van der Waals surface area (Å²) in [6.07, 6.45) is -3.93. The molecule has 4 atom stereocenters. The second-order valence-electron chi connectivity index (χ2n) is 3.91. The smallest absolute Gasteiger partial charge is 0.157 e. The van der Waals surface area contributed by atoms with Crippen molar-refractivity contribution in [2.45, 2.75) is 24.5 Å². The number of nitrogens with one attached hydrogen (secondary N) is 1. The van der Waals surface area contributed by atoms with E-state index in [9.17, 15) is 14.6 Å². The Bertz CT molecular complexity index is 372. The number of aliphatic hydroxyl groups excluding tert-OH is 3. The maximum absolute atomic E-state index is 12.7. The van der Waals surface area contributed by atoms with Gasteiger partial charge in [0.1, 0.15) is 24.1 Å². The zero-order chi connectivity index (χ0) is 12.4. The van der Waals surface area contributed by atoms with E-state index in [2.05, 4.69) is 5.32 Å². The Balaban J connectivity index is 2.02. The fourth-order valence-electron chi connectivity index (χ4n) is 1.73. The lowest BCUT2D eigenvalue weighted by molar-refractivity contribution is -0.0153. The van der Waals surface area contributed by atoms with Crippen molar-refractivity contribution in [1.82, 2.24) is 0 Å². The van der Waals surface area contributed by atoms with E-state index in [4.69, 9.17) is 9.84 Å². The van der Waals surface area contributed by atoms with Crippen molar-refractivity contribution < 1.29 is 24.4 Å². The molecule has 1 saturated heterocycles. The van der Waals surface area contributed by atoms with Gasteiger partial charge in [0, 0.05) is 5.69 Å². The highest BCUT2D eigenvalue weighted by atomic mass is 19.1. The summed E-state index contributed by atoms with van der Waals surface area (Å²) in [5.74, 6) is -0.364. The van der Waals surface area contributed by atoms with E-state index in [-0.39, 0.29) is 12.4 Å². The molecule has 1 aromatic carbocycles. The van der Waals surface area contributed by atoms with E-state index in [1.165, 1.54) is 24.3 Å². The second kappa shape index (κ2) is 4.97. The van der Waals surface area contributed by atoms with Gasteiger partial charge in [-0.15, -0.1) is 0 Å². The minimum absolute atomic E-state index is 0.364. The van der Waals surface area contributed by atoms with Crippen molar-refractivity contribution >= 4 is 5.69 Å². The van der Waals surface area contributed by atoms with Crippen molar-refractivity contribution in [3.8, 4) is 0 Å². The van der Waals surface area contributed by atoms with Gasteiger partial charge in [0.25, 0.3) is 0 Å². The van der Waals surface area contributed by atoms with Crippen LogP contribution in [-0.2, 0) is 4.74 Å². The number of halogens is 1. The van der Waals surface area contributed by atoms with Crippen molar-refractivity contribution in [2.75, 3.05) is 11.9 Å². The first kappa shape index (κ1) is 12.3. The molecule has 0 unspecified atom stereocenters. The highest BCUT2D eigenvalue weighted by Crippen LogP contribution is 2.22. The number of hydrogen-bond donors (Lipinski definition) is 4. The molecule has 5 nitrogen and oxygen atoms in total. The minimum Gasteiger partial charge on any atom is -0.394 e. The Hall–Kier alpha value is -1.21. The van der Waals surface area contributed by atoms with Gasteiger partial charge in [-0.2, -0.15) is 0 Å². The Kier molecular flexibility index (Phi) is 3.58. The normalized spacial score (nSPS) is 32.7. The first-order chi connectivity index (χ1) is 8.11. The molecule has 1 aromatic rings. The summed E-state index contributed by atoms with van der Waals surface area (Å²) in [5.41, 5.74) is 0.557. The van der Waals surface area contributed by atoms with E-state index in [0.717, 1.165) is 0 Å². The van der Waals surface area contributed by atoms with E-state index >= 15 is 0 Å². The standard InChI is InChI=1S/C11H14FNO4/c12-6-1-3-7(4-2-6)13-11-10(16)9(15)8(5-14)17-11/h1-4,8-11,13-16H,5H2/t8-,9+,10-,11+/m0/s1. The zero-order valence-corrected chi connectivity index (χ0v) is 8.95. The lowest BCUT2D eigenvalue weighted by atomic mass is 10.1. The van der Waals surface area contributed by atoms with E-state index in [0.29, 0.717) is 5.69 Å². The molecule has 0 aromatic heterocycles. The Labute approximate surface area is 97.5 Å². The topological polar surface area (TPSA) is 82.0 Å². The molecule has 4 N–H and O–H groups in total. The number of ether oxygens (including phenoxy) is 1. The Morgan fingerprint density at radius 1 is 1.18 bits per heavy atom. The van der Waals surface area contributed by atoms with Gasteiger partial charge in [0.2, 0.25) is 0 Å². The maximum atomic E-state index is 12.7. The fourth-order valence-corrected chi connectivity index (χ4v) is 1.73. The Morgan fingerprint density at radius 3 is 2.35 bits per heavy atom. The fraction of sp³-hybridized carbons (Fsp3) is 0.455. The third-order valence-corrected chi connectivity index (χ3v) is 2.70. The number of anilines is 1. The number of aliphatic hydroxyl groups is 3. The molecule has 0 aliphatic carbocycles. The molecule has 1 heterocycles. The lowest BCUT2D eigenvalue weighted by Gasteiger charge is -2.17. The molecule has 1 fully saturated rings. The van der Waals surface area contributed by atoms with Gasteiger partial charge in [-0.1, -0.05) is 0 Å². The van der Waals surface area contributed by atoms with Gasteiger partial charge in [-0.25, -0.2) is 4.39 Å². The number of hydrogen-bond acceptors (Lipinski definition) is 5. The predicted molar refractivity (Wildman–Crippen MR) is 57.8 cm³/mol. The molecule has 0 radical (unpaired) electrons. The van der Waals surface area contributed by atoms with Crippen molar-refractivity contribution in [3.05, 3.63) is 30.1 Å². The van der Waals surface area contributed by atoms with Crippen LogP contribution in [0.25, 0.3) is 0 Å². The van der Waals surface area contributed by atoms with Crippen LogP contribution in [0.5, 0.6) is 0 Å². The number of benzene rings is 1. The molecular formula is C11H14FNO4. The van der Waals surface area contributed by atoms with Gasteiger partial charge >= 0.3 is 0 Å². The summed E-state index contributed by atoms with van der Waals surface area (Å²) in [6, 6.07) is 5.52. The molecule has 2 rings (SSSR count). The van der Waals surface area contributed by atoms with Crippen LogP contribution in [0.15, 0.2) is 24.3 Å². The van der Waals surface area contributed by atoms with Crippen LogP contribution in [0.2, 0.25) is 0 Å². The highest BCUT2D eigenvalue weighted by molar-refractivity contribution is 5.43. The van der Waals surface area contributed by atoms with Crippen molar-refractivity contribution in [3.63, 3.8) is 0 Å². The summed E-state index contributed by atoms with van der Waals surface area (Å²) in [5, 5.41) is 30.9. The van der Waals surface area contributed by atoms with Crippen molar-refractivity contribution in [2.24, 2.45) is 0 Å². The summed E-state index contributed by atoms with van der Waals surface area (Å²) in [6.45, 7) is -0.375. The molecule has 1 aliphatic rings. The quantitative estimate of drug-likeness (QED) is 0.585. The van der Waals surface area contributed by atoms with Crippen LogP contribution in [0, 0.1) is 5.82 Å². The first-order valence-electron chi connectivity index (χ1n) is 5.26. The molecule has 94 valence electrons. The average Bonchev–Trinajstić information content (AvgIpc) is 2.60. The molecule has 0 bridgehead atoms. The monoisotopic (exact) mass is 243 g/mol. The Morgan fingerprint density at radius 2 is 1.82 bits per heavy atom. The molecule has 6 heteroatoms. The molecule has 1 aliphatic heterocycles. The van der Waals surface area contributed by atoms with Crippen LogP contribution >= 0.6 is 0 Å². The summed E-state index contributed by atoms with van der Waals surface area (Å²) >= 11 is 0. The van der Waals surface area contributed by atoms with Crippen LogP contribution in [0.4, 0.5) is 10.1 Å². The minimum atomic E-state index is -1.14. The largest absolute Gasteiger partial charge is 0.394 e. The van der Waals surface area contributed by atoms with Crippen LogP contribution in [0.1, 0.15) is 0 Å². The molecule has 0 amide bonds. The number of rotatable bonds is 3. The van der Waals surface area contributed by atoms with Crippen LogP contribution in [0.3, 0.4) is 0 Å². The molecular weight excluding hydrogens is 229 g/mol. The molecule has 0 saturated carbocycles.